The number of aliphatic carboxylic acids is 1. The SMILES string of the molecule is O=C(O)C1CCCN(C(c2ccc(Br)cc2)c2ccc(-c3ccccc3)cc2)C1. The fraction of sp³-hybridized carbons (Fsp3) is 0.240. The Bertz CT molecular complexity index is 954. The van der Waals surface area contributed by atoms with Gasteiger partial charge in [0.2, 0.25) is 0 Å². The van der Waals surface area contributed by atoms with E-state index in [2.05, 4.69) is 81.5 Å². The second kappa shape index (κ2) is 8.93. The highest BCUT2D eigenvalue weighted by Crippen LogP contribution is 2.34. The largest absolute Gasteiger partial charge is 0.481 e. The van der Waals surface area contributed by atoms with Crippen LogP contribution in [0.5, 0.6) is 0 Å². The molecule has 0 bridgehead atoms. The summed E-state index contributed by atoms with van der Waals surface area (Å²) in [6.45, 7) is 1.49. The summed E-state index contributed by atoms with van der Waals surface area (Å²) < 4.78 is 1.04. The Morgan fingerprint density at radius 3 is 2.10 bits per heavy atom. The molecule has 2 unspecified atom stereocenters. The number of likely N-dealkylation sites (tertiary alicyclic amines) is 1. The Morgan fingerprint density at radius 2 is 1.48 bits per heavy atom. The van der Waals surface area contributed by atoms with Crippen molar-refractivity contribution < 1.29 is 9.90 Å². The first-order valence-electron chi connectivity index (χ1n) is 9.99. The van der Waals surface area contributed by atoms with Gasteiger partial charge in [0.15, 0.2) is 0 Å². The Balaban J connectivity index is 1.68. The molecule has 1 aliphatic heterocycles. The number of nitrogens with zero attached hydrogens (tertiary/aromatic N) is 1. The molecule has 29 heavy (non-hydrogen) atoms. The summed E-state index contributed by atoms with van der Waals surface area (Å²) in [5.41, 5.74) is 4.76. The minimum atomic E-state index is -0.691. The molecule has 4 rings (SSSR count). The van der Waals surface area contributed by atoms with Gasteiger partial charge in [-0.1, -0.05) is 82.7 Å². The van der Waals surface area contributed by atoms with E-state index in [0.29, 0.717) is 6.54 Å². The van der Waals surface area contributed by atoms with Crippen LogP contribution in [0.15, 0.2) is 83.3 Å². The van der Waals surface area contributed by atoms with Crippen molar-refractivity contribution in [2.75, 3.05) is 13.1 Å². The molecular formula is C25H24BrNO2. The van der Waals surface area contributed by atoms with E-state index in [9.17, 15) is 9.90 Å². The second-order valence-corrected chi connectivity index (χ2v) is 8.53. The standard InChI is InChI=1S/C25H24BrNO2/c26-23-14-12-21(13-15-23)24(27-16-4-7-22(17-27)25(28)29)20-10-8-19(9-11-20)18-5-2-1-3-6-18/h1-3,5-6,8-15,22,24H,4,7,16-17H2,(H,28,29). The summed E-state index contributed by atoms with van der Waals surface area (Å²) in [7, 11) is 0. The minimum absolute atomic E-state index is 0.0510. The molecule has 1 aliphatic rings. The van der Waals surface area contributed by atoms with Crippen molar-refractivity contribution in [3.63, 3.8) is 0 Å². The number of benzene rings is 3. The van der Waals surface area contributed by atoms with Gasteiger partial charge in [0.1, 0.15) is 0 Å². The molecule has 0 aliphatic carbocycles. The summed E-state index contributed by atoms with van der Waals surface area (Å²) in [5.74, 6) is -0.992. The predicted octanol–water partition coefficient (Wildman–Crippen LogP) is 6.00. The van der Waals surface area contributed by atoms with Crippen molar-refractivity contribution in [2.24, 2.45) is 5.92 Å². The molecule has 0 saturated carbocycles. The van der Waals surface area contributed by atoms with Gasteiger partial charge >= 0.3 is 5.97 Å². The van der Waals surface area contributed by atoms with Gasteiger partial charge < -0.3 is 5.11 Å². The third-order valence-electron chi connectivity index (χ3n) is 5.69. The maximum atomic E-state index is 11.6. The van der Waals surface area contributed by atoms with Crippen LogP contribution in [0.3, 0.4) is 0 Å². The van der Waals surface area contributed by atoms with Crippen LogP contribution in [0.1, 0.15) is 30.0 Å². The number of hydrogen-bond donors (Lipinski definition) is 1. The van der Waals surface area contributed by atoms with Gasteiger partial charge in [-0.05, 0) is 53.8 Å². The molecule has 2 atom stereocenters. The van der Waals surface area contributed by atoms with Crippen molar-refractivity contribution in [3.05, 3.63) is 94.5 Å². The highest BCUT2D eigenvalue weighted by Gasteiger charge is 2.31. The van der Waals surface area contributed by atoms with Crippen LogP contribution in [0.2, 0.25) is 0 Å². The van der Waals surface area contributed by atoms with E-state index in [-0.39, 0.29) is 12.0 Å². The van der Waals surface area contributed by atoms with Crippen molar-refractivity contribution >= 4 is 21.9 Å². The fourth-order valence-corrected chi connectivity index (χ4v) is 4.45. The summed E-state index contributed by atoms with van der Waals surface area (Å²) in [6.07, 6.45) is 1.66. The lowest BCUT2D eigenvalue weighted by atomic mass is 9.90. The first-order valence-corrected chi connectivity index (χ1v) is 10.8. The average molecular weight is 450 g/mol. The predicted molar refractivity (Wildman–Crippen MR) is 120 cm³/mol. The zero-order valence-electron chi connectivity index (χ0n) is 16.2. The molecule has 1 fully saturated rings. The Kier molecular flexibility index (Phi) is 6.12. The molecule has 148 valence electrons. The Hall–Kier alpha value is -2.43. The summed E-state index contributed by atoms with van der Waals surface area (Å²) >= 11 is 3.52. The van der Waals surface area contributed by atoms with Crippen molar-refractivity contribution in [2.45, 2.75) is 18.9 Å². The van der Waals surface area contributed by atoms with Gasteiger partial charge in [0.05, 0.1) is 12.0 Å². The number of halogens is 1. The molecule has 1 N–H and O–H groups in total. The van der Waals surface area contributed by atoms with Crippen LogP contribution in [0.25, 0.3) is 11.1 Å². The maximum Gasteiger partial charge on any atom is 0.307 e. The summed E-state index contributed by atoms with van der Waals surface area (Å²) in [5, 5.41) is 9.54. The highest BCUT2D eigenvalue weighted by molar-refractivity contribution is 9.10. The zero-order valence-corrected chi connectivity index (χ0v) is 17.8. The van der Waals surface area contributed by atoms with Gasteiger partial charge in [-0.2, -0.15) is 0 Å². The number of piperidine rings is 1. The van der Waals surface area contributed by atoms with Crippen LogP contribution in [-0.2, 0) is 4.79 Å². The van der Waals surface area contributed by atoms with E-state index in [1.807, 2.05) is 18.2 Å². The molecule has 1 saturated heterocycles. The monoisotopic (exact) mass is 449 g/mol. The van der Waals surface area contributed by atoms with Crippen LogP contribution in [-0.4, -0.2) is 29.1 Å². The lowest BCUT2D eigenvalue weighted by Crippen LogP contribution is -2.41. The average Bonchev–Trinajstić information content (AvgIpc) is 2.77. The smallest absolute Gasteiger partial charge is 0.307 e. The van der Waals surface area contributed by atoms with Crippen LogP contribution < -0.4 is 0 Å². The van der Waals surface area contributed by atoms with Crippen LogP contribution in [0.4, 0.5) is 0 Å². The first kappa shape index (κ1) is 19.9. The molecule has 4 heteroatoms. The molecule has 0 spiro atoms. The van der Waals surface area contributed by atoms with E-state index in [4.69, 9.17) is 0 Å². The number of carboxylic acid groups (broad SMARTS) is 1. The maximum absolute atomic E-state index is 11.6. The summed E-state index contributed by atoms with van der Waals surface area (Å²) in [4.78, 5) is 13.9. The lowest BCUT2D eigenvalue weighted by Gasteiger charge is -2.37. The first-order chi connectivity index (χ1) is 14.1. The normalized spacial score (nSPS) is 18.3. The number of hydrogen-bond acceptors (Lipinski definition) is 2. The highest BCUT2D eigenvalue weighted by atomic mass is 79.9. The van der Waals surface area contributed by atoms with E-state index in [0.717, 1.165) is 23.9 Å². The number of carbonyl (C=O) groups is 1. The molecule has 0 radical (unpaired) electrons. The number of rotatable bonds is 5. The zero-order chi connectivity index (χ0) is 20.2. The van der Waals surface area contributed by atoms with E-state index < -0.39 is 5.97 Å². The van der Waals surface area contributed by atoms with Gasteiger partial charge in [-0.25, -0.2) is 0 Å². The van der Waals surface area contributed by atoms with Gasteiger partial charge in [0, 0.05) is 11.0 Å². The topological polar surface area (TPSA) is 40.5 Å². The van der Waals surface area contributed by atoms with Crippen LogP contribution >= 0.6 is 15.9 Å². The minimum Gasteiger partial charge on any atom is -0.481 e. The van der Waals surface area contributed by atoms with Gasteiger partial charge in [-0.3, -0.25) is 9.69 Å². The van der Waals surface area contributed by atoms with Crippen molar-refractivity contribution in [3.8, 4) is 11.1 Å². The molecule has 0 aromatic heterocycles. The molecule has 3 aromatic rings. The lowest BCUT2D eigenvalue weighted by molar-refractivity contribution is -0.143. The van der Waals surface area contributed by atoms with Gasteiger partial charge in [-0.15, -0.1) is 0 Å². The van der Waals surface area contributed by atoms with Crippen molar-refractivity contribution in [1.29, 1.82) is 0 Å². The van der Waals surface area contributed by atoms with E-state index in [1.54, 1.807) is 0 Å². The third kappa shape index (κ3) is 4.60. The molecule has 3 nitrogen and oxygen atoms in total. The van der Waals surface area contributed by atoms with E-state index in [1.165, 1.54) is 22.3 Å². The molecule has 1 heterocycles. The number of carboxylic acids is 1. The van der Waals surface area contributed by atoms with Crippen molar-refractivity contribution in [1.82, 2.24) is 4.90 Å². The third-order valence-corrected chi connectivity index (χ3v) is 6.22. The fourth-order valence-electron chi connectivity index (χ4n) is 4.19. The Morgan fingerprint density at radius 1 is 0.897 bits per heavy atom. The van der Waals surface area contributed by atoms with Gasteiger partial charge in [0.25, 0.3) is 0 Å². The second-order valence-electron chi connectivity index (χ2n) is 7.61. The van der Waals surface area contributed by atoms with Crippen LogP contribution in [0, 0.1) is 5.92 Å². The summed E-state index contributed by atoms with van der Waals surface area (Å²) in [6, 6.07) is 27.5. The molecule has 3 aromatic carbocycles. The molecule has 0 amide bonds. The van der Waals surface area contributed by atoms with E-state index >= 15 is 0 Å². The quantitative estimate of drug-likeness (QED) is 0.518. The Labute approximate surface area is 180 Å². The molecular weight excluding hydrogens is 426 g/mol.